The molecule has 0 radical (unpaired) electrons. The normalized spacial score (nSPS) is 12.9. The van der Waals surface area contributed by atoms with Crippen LogP contribution < -0.4 is 5.73 Å². The van der Waals surface area contributed by atoms with Crippen molar-refractivity contribution in [3.8, 4) is 0 Å². The smallest absolute Gasteiger partial charge is 0.110 e. The van der Waals surface area contributed by atoms with Gasteiger partial charge < -0.3 is 15.0 Å². The van der Waals surface area contributed by atoms with Crippen LogP contribution in [0.5, 0.6) is 0 Å². The molecule has 1 aromatic rings. The Balaban J connectivity index is 2.25. The van der Waals surface area contributed by atoms with E-state index < -0.39 is 0 Å². The highest BCUT2D eigenvalue weighted by Gasteiger charge is 2.08. The molecule has 0 aliphatic heterocycles. The molecule has 0 saturated carbocycles. The van der Waals surface area contributed by atoms with Crippen LogP contribution in [0.25, 0.3) is 0 Å². The first-order chi connectivity index (χ1) is 7.77. The van der Waals surface area contributed by atoms with E-state index in [9.17, 15) is 0 Å². The summed E-state index contributed by atoms with van der Waals surface area (Å²) in [5.41, 5.74) is 6.04. The molecule has 4 heteroatoms. The Kier molecular flexibility index (Phi) is 6.11. The van der Waals surface area contributed by atoms with Crippen LogP contribution in [-0.2, 0) is 17.7 Å². The molecule has 0 bridgehead atoms. The second kappa shape index (κ2) is 7.41. The van der Waals surface area contributed by atoms with E-state index in [1.807, 2.05) is 12.4 Å². The Labute approximate surface area is 97.8 Å². The summed E-state index contributed by atoms with van der Waals surface area (Å²) in [4.78, 5) is 4.31. The van der Waals surface area contributed by atoms with E-state index in [1.165, 1.54) is 0 Å². The Morgan fingerprint density at radius 3 is 2.94 bits per heavy atom. The lowest BCUT2D eigenvalue weighted by atomic mass is 10.1. The van der Waals surface area contributed by atoms with Crippen LogP contribution in [0.3, 0.4) is 0 Å². The van der Waals surface area contributed by atoms with Crippen molar-refractivity contribution < 1.29 is 4.74 Å². The molecular weight excluding hydrogens is 202 g/mol. The first-order valence-electron chi connectivity index (χ1n) is 6.11. The molecule has 0 aliphatic carbocycles. The summed E-state index contributed by atoms with van der Waals surface area (Å²) in [6.45, 7) is 6.76. The average Bonchev–Trinajstić information content (AvgIpc) is 2.71. The van der Waals surface area contributed by atoms with Crippen molar-refractivity contribution >= 4 is 0 Å². The van der Waals surface area contributed by atoms with Crippen molar-refractivity contribution in [2.45, 2.75) is 45.7 Å². The van der Waals surface area contributed by atoms with Crippen molar-refractivity contribution in [3.63, 3.8) is 0 Å². The SMILES string of the molecule is CCCOCCC(N)Cc1nccn1CC. The van der Waals surface area contributed by atoms with Crippen LogP contribution >= 0.6 is 0 Å². The summed E-state index contributed by atoms with van der Waals surface area (Å²) in [6.07, 6.45) is 6.62. The average molecular weight is 225 g/mol. The second-order valence-electron chi connectivity index (χ2n) is 3.99. The Hall–Kier alpha value is -0.870. The van der Waals surface area contributed by atoms with E-state index in [0.717, 1.165) is 44.8 Å². The van der Waals surface area contributed by atoms with Gasteiger partial charge in [-0.2, -0.15) is 0 Å². The largest absolute Gasteiger partial charge is 0.381 e. The van der Waals surface area contributed by atoms with Crippen molar-refractivity contribution in [2.75, 3.05) is 13.2 Å². The van der Waals surface area contributed by atoms with Gasteiger partial charge in [0.25, 0.3) is 0 Å². The lowest BCUT2D eigenvalue weighted by molar-refractivity contribution is 0.127. The number of rotatable bonds is 8. The minimum atomic E-state index is 0.143. The minimum absolute atomic E-state index is 0.143. The molecule has 92 valence electrons. The van der Waals surface area contributed by atoms with E-state index >= 15 is 0 Å². The van der Waals surface area contributed by atoms with Crippen molar-refractivity contribution in [1.29, 1.82) is 0 Å². The Bertz CT molecular complexity index is 286. The predicted molar refractivity (Wildman–Crippen MR) is 65.3 cm³/mol. The maximum Gasteiger partial charge on any atom is 0.110 e. The summed E-state index contributed by atoms with van der Waals surface area (Å²) in [5.74, 6) is 1.07. The topological polar surface area (TPSA) is 53.1 Å². The van der Waals surface area contributed by atoms with Crippen molar-refractivity contribution in [1.82, 2.24) is 9.55 Å². The van der Waals surface area contributed by atoms with Crippen LogP contribution in [0.1, 0.15) is 32.5 Å². The molecule has 4 nitrogen and oxygen atoms in total. The number of hydrogen-bond donors (Lipinski definition) is 1. The lowest BCUT2D eigenvalue weighted by Crippen LogP contribution is -2.26. The minimum Gasteiger partial charge on any atom is -0.381 e. The van der Waals surface area contributed by atoms with Crippen LogP contribution in [0.4, 0.5) is 0 Å². The quantitative estimate of drug-likeness (QED) is 0.684. The molecule has 0 aromatic carbocycles. The third-order valence-electron chi connectivity index (χ3n) is 2.57. The van der Waals surface area contributed by atoms with Gasteiger partial charge in [-0.15, -0.1) is 0 Å². The highest BCUT2D eigenvalue weighted by Crippen LogP contribution is 2.03. The first kappa shape index (κ1) is 13.2. The molecule has 0 amide bonds. The van der Waals surface area contributed by atoms with E-state index in [0.29, 0.717) is 0 Å². The molecule has 1 heterocycles. The molecule has 2 N–H and O–H groups in total. The van der Waals surface area contributed by atoms with Gasteiger partial charge in [0.1, 0.15) is 5.82 Å². The summed E-state index contributed by atoms with van der Waals surface area (Å²) in [5, 5.41) is 0. The summed E-state index contributed by atoms with van der Waals surface area (Å²) in [7, 11) is 0. The van der Waals surface area contributed by atoms with Gasteiger partial charge in [-0.3, -0.25) is 0 Å². The number of nitrogens with two attached hydrogens (primary N) is 1. The standard InChI is InChI=1S/C12H23N3O/c1-3-8-16-9-5-11(13)10-12-14-6-7-15(12)4-2/h6-7,11H,3-5,8-10,13H2,1-2H3. The first-order valence-corrected chi connectivity index (χ1v) is 6.11. The van der Waals surface area contributed by atoms with Crippen LogP contribution in [-0.4, -0.2) is 28.8 Å². The van der Waals surface area contributed by atoms with Crippen LogP contribution in [0.15, 0.2) is 12.4 Å². The Morgan fingerprint density at radius 1 is 1.44 bits per heavy atom. The van der Waals surface area contributed by atoms with Crippen LogP contribution in [0, 0.1) is 0 Å². The highest BCUT2D eigenvalue weighted by atomic mass is 16.5. The van der Waals surface area contributed by atoms with Gasteiger partial charge in [0.2, 0.25) is 0 Å². The van der Waals surface area contributed by atoms with Crippen molar-refractivity contribution in [3.05, 3.63) is 18.2 Å². The fraction of sp³-hybridized carbons (Fsp3) is 0.750. The second-order valence-corrected chi connectivity index (χ2v) is 3.99. The van der Waals surface area contributed by atoms with Gasteiger partial charge in [0, 0.05) is 44.6 Å². The van der Waals surface area contributed by atoms with Gasteiger partial charge in [-0.1, -0.05) is 6.92 Å². The zero-order chi connectivity index (χ0) is 11.8. The molecule has 16 heavy (non-hydrogen) atoms. The summed E-state index contributed by atoms with van der Waals surface area (Å²) < 4.78 is 7.55. The molecule has 0 spiro atoms. The molecule has 0 saturated heterocycles. The zero-order valence-corrected chi connectivity index (χ0v) is 10.4. The van der Waals surface area contributed by atoms with Gasteiger partial charge in [-0.25, -0.2) is 4.98 Å². The monoisotopic (exact) mass is 225 g/mol. The number of hydrogen-bond acceptors (Lipinski definition) is 3. The molecule has 1 rings (SSSR count). The molecule has 1 atom stereocenters. The number of aromatic nitrogens is 2. The Morgan fingerprint density at radius 2 is 2.25 bits per heavy atom. The van der Waals surface area contributed by atoms with Gasteiger partial charge in [-0.05, 0) is 19.8 Å². The maximum absolute atomic E-state index is 6.04. The van der Waals surface area contributed by atoms with Gasteiger partial charge in [0.05, 0.1) is 0 Å². The number of imidazole rings is 1. The number of aryl methyl sites for hydroxylation is 1. The molecule has 0 fully saturated rings. The molecule has 1 unspecified atom stereocenters. The maximum atomic E-state index is 6.04. The third-order valence-corrected chi connectivity index (χ3v) is 2.57. The number of ether oxygens (including phenoxy) is 1. The van der Waals surface area contributed by atoms with E-state index in [1.54, 1.807) is 0 Å². The summed E-state index contributed by atoms with van der Waals surface area (Å²) >= 11 is 0. The number of nitrogens with zero attached hydrogens (tertiary/aromatic N) is 2. The molecule has 0 aliphatic rings. The van der Waals surface area contributed by atoms with Crippen LogP contribution in [0.2, 0.25) is 0 Å². The highest BCUT2D eigenvalue weighted by molar-refractivity contribution is 4.94. The van der Waals surface area contributed by atoms with E-state index in [2.05, 4.69) is 23.4 Å². The van der Waals surface area contributed by atoms with Gasteiger partial charge >= 0.3 is 0 Å². The van der Waals surface area contributed by atoms with Gasteiger partial charge in [0.15, 0.2) is 0 Å². The van der Waals surface area contributed by atoms with Crippen molar-refractivity contribution in [2.24, 2.45) is 5.73 Å². The fourth-order valence-corrected chi connectivity index (χ4v) is 1.64. The lowest BCUT2D eigenvalue weighted by Gasteiger charge is -2.12. The molecular formula is C12H23N3O. The van der Waals surface area contributed by atoms with E-state index in [4.69, 9.17) is 10.5 Å². The van der Waals surface area contributed by atoms with E-state index in [-0.39, 0.29) is 6.04 Å². The predicted octanol–water partition coefficient (Wildman–Crippen LogP) is 1.59. The summed E-state index contributed by atoms with van der Waals surface area (Å²) in [6, 6.07) is 0.143. The molecule has 1 aromatic heterocycles. The zero-order valence-electron chi connectivity index (χ0n) is 10.4. The third kappa shape index (κ3) is 4.33. The fourth-order valence-electron chi connectivity index (χ4n) is 1.64.